The van der Waals surface area contributed by atoms with Gasteiger partial charge in [-0.15, -0.1) is 11.3 Å². The van der Waals surface area contributed by atoms with Crippen molar-refractivity contribution in [2.75, 3.05) is 5.73 Å². The first-order valence-electron chi connectivity index (χ1n) is 5.92. The van der Waals surface area contributed by atoms with Gasteiger partial charge in [0.05, 0.1) is 17.1 Å². The van der Waals surface area contributed by atoms with Crippen molar-refractivity contribution in [3.63, 3.8) is 0 Å². The van der Waals surface area contributed by atoms with Gasteiger partial charge >= 0.3 is 0 Å². The number of imidazole rings is 1. The van der Waals surface area contributed by atoms with E-state index < -0.39 is 0 Å². The molecule has 0 fully saturated rings. The average molecular weight is 268 g/mol. The number of nitrogens with two attached hydrogens (primary N) is 1. The van der Waals surface area contributed by atoms with E-state index in [2.05, 4.69) is 24.0 Å². The summed E-state index contributed by atoms with van der Waals surface area (Å²) in [6.45, 7) is 2.09. The molecule has 19 heavy (non-hydrogen) atoms. The first kappa shape index (κ1) is 11.8. The minimum atomic E-state index is 0.110. The number of anilines is 1. The minimum absolute atomic E-state index is 0.110. The van der Waals surface area contributed by atoms with Crippen LogP contribution in [0.25, 0.3) is 11.0 Å². The summed E-state index contributed by atoms with van der Waals surface area (Å²) in [6, 6.07) is 11.9. The van der Waals surface area contributed by atoms with Crippen LogP contribution in [-0.4, -0.2) is 9.55 Å². The summed E-state index contributed by atoms with van der Waals surface area (Å²) in [6.07, 6.45) is 0. The van der Waals surface area contributed by atoms with Crippen molar-refractivity contribution < 1.29 is 0 Å². The monoisotopic (exact) mass is 268 g/mol. The molecule has 2 heterocycles. The quantitative estimate of drug-likeness (QED) is 0.776. The average Bonchev–Trinajstić information content (AvgIpc) is 3.04. The summed E-state index contributed by atoms with van der Waals surface area (Å²) in [7, 11) is 0. The van der Waals surface area contributed by atoms with Gasteiger partial charge in [0.1, 0.15) is 11.6 Å². The summed E-state index contributed by atoms with van der Waals surface area (Å²) in [5.74, 6) is 0.443. The molecule has 3 aromatic rings. The first-order valence-corrected chi connectivity index (χ1v) is 6.80. The second kappa shape index (κ2) is 4.41. The fourth-order valence-corrected chi connectivity index (χ4v) is 3.06. The lowest BCUT2D eigenvalue weighted by Gasteiger charge is -2.14. The van der Waals surface area contributed by atoms with Crippen LogP contribution >= 0.6 is 11.3 Å². The SMILES string of the molecule is CC(c1cccs1)n1c(N)nc2c(C#N)cccc21. The van der Waals surface area contributed by atoms with Crippen molar-refractivity contribution >= 4 is 28.3 Å². The molecule has 0 aliphatic carbocycles. The Hall–Kier alpha value is -2.32. The van der Waals surface area contributed by atoms with Gasteiger partial charge in [-0.1, -0.05) is 12.1 Å². The zero-order valence-corrected chi connectivity index (χ0v) is 11.2. The van der Waals surface area contributed by atoms with Gasteiger partial charge in [-0.25, -0.2) is 4.98 Å². The number of para-hydroxylation sites is 1. The highest BCUT2D eigenvalue weighted by Crippen LogP contribution is 2.30. The molecule has 1 unspecified atom stereocenters. The fraction of sp³-hybridized carbons (Fsp3) is 0.143. The van der Waals surface area contributed by atoms with Gasteiger partial charge in [0.15, 0.2) is 0 Å². The number of nitriles is 1. The molecule has 1 aromatic carbocycles. The Morgan fingerprint density at radius 1 is 1.37 bits per heavy atom. The van der Waals surface area contributed by atoms with Crippen molar-refractivity contribution in [2.45, 2.75) is 13.0 Å². The number of hydrogen-bond donors (Lipinski definition) is 1. The number of hydrogen-bond acceptors (Lipinski definition) is 4. The van der Waals surface area contributed by atoms with Gasteiger partial charge in [-0.2, -0.15) is 5.26 Å². The van der Waals surface area contributed by atoms with E-state index in [1.165, 1.54) is 4.88 Å². The van der Waals surface area contributed by atoms with E-state index in [1.807, 2.05) is 28.1 Å². The van der Waals surface area contributed by atoms with Crippen LogP contribution in [0.5, 0.6) is 0 Å². The van der Waals surface area contributed by atoms with Crippen molar-refractivity contribution in [1.29, 1.82) is 5.26 Å². The fourth-order valence-electron chi connectivity index (χ4n) is 2.29. The number of aromatic nitrogens is 2. The highest BCUT2D eigenvalue weighted by atomic mass is 32.1. The van der Waals surface area contributed by atoms with Gasteiger partial charge in [-0.3, -0.25) is 0 Å². The summed E-state index contributed by atoms with van der Waals surface area (Å²) in [5, 5.41) is 11.2. The Morgan fingerprint density at radius 2 is 2.21 bits per heavy atom. The van der Waals surface area contributed by atoms with Crippen molar-refractivity contribution in [2.24, 2.45) is 0 Å². The van der Waals surface area contributed by atoms with Crippen LogP contribution in [0.1, 0.15) is 23.4 Å². The molecule has 1 atom stereocenters. The van der Waals surface area contributed by atoms with Gasteiger partial charge < -0.3 is 10.3 Å². The van der Waals surface area contributed by atoms with Crippen LogP contribution in [0.4, 0.5) is 5.95 Å². The second-order valence-corrected chi connectivity index (χ2v) is 5.30. The molecule has 2 N–H and O–H groups in total. The lowest BCUT2D eigenvalue weighted by molar-refractivity contribution is 0.680. The number of nitrogen functional groups attached to an aromatic ring is 1. The number of thiophene rings is 1. The molecule has 0 aliphatic heterocycles. The summed E-state index contributed by atoms with van der Waals surface area (Å²) >= 11 is 1.69. The molecule has 0 spiro atoms. The lowest BCUT2D eigenvalue weighted by atomic mass is 10.2. The molecule has 0 radical (unpaired) electrons. The largest absolute Gasteiger partial charge is 0.369 e. The molecule has 4 nitrogen and oxygen atoms in total. The highest BCUT2D eigenvalue weighted by molar-refractivity contribution is 7.10. The summed E-state index contributed by atoms with van der Waals surface area (Å²) in [4.78, 5) is 5.55. The van der Waals surface area contributed by atoms with Gasteiger partial charge in [0.25, 0.3) is 0 Å². The predicted octanol–water partition coefficient (Wildman–Crippen LogP) is 3.16. The molecule has 2 aromatic heterocycles. The molecule has 0 saturated carbocycles. The molecule has 5 heteroatoms. The summed E-state index contributed by atoms with van der Waals surface area (Å²) in [5.41, 5.74) is 8.16. The highest BCUT2D eigenvalue weighted by Gasteiger charge is 2.17. The maximum atomic E-state index is 9.12. The topological polar surface area (TPSA) is 67.6 Å². The van der Waals surface area contributed by atoms with E-state index in [4.69, 9.17) is 11.0 Å². The van der Waals surface area contributed by atoms with E-state index in [1.54, 1.807) is 17.4 Å². The Balaban J connectivity index is 2.25. The Morgan fingerprint density at radius 3 is 2.89 bits per heavy atom. The van der Waals surface area contributed by atoms with Gasteiger partial charge in [0, 0.05) is 4.88 Å². The van der Waals surface area contributed by atoms with Crippen molar-refractivity contribution in [3.8, 4) is 6.07 Å². The lowest BCUT2D eigenvalue weighted by Crippen LogP contribution is -2.08. The third kappa shape index (κ3) is 1.77. The number of nitrogens with zero attached hydrogens (tertiary/aromatic N) is 3. The zero-order chi connectivity index (χ0) is 13.4. The molecule has 0 bridgehead atoms. The van der Waals surface area contributed by atoms with Crippen LogP contribution in [0.2, 0.25) is 0 Å². The minimum Gasteiger partial charge on any atom is -0.369 e. The Bertz CT molecular complexity index is 765. The van der Waals surface area contributed by atoms with Crippen LogP contribution in [0.15, 0.2) is 35.7 Å². The maximum absolute atomic E-state index is 9.12. The third-order valence-corrected chi connectivity index (χ3v) is 4.25. The Labute approximate surface area is 114 Å². The summed E-state index contributed by atoms with van der Waals surface area (Å²) < 4.78 is 1.97. The van der Waals surface area contributed by atoms with Crippen LogP contribution in [-0.2, 0) is 0 Å². The van der Waals surface area contributed by atoms with Crippen molar-refractivity contribution in [1.82, 2.24) is 9.55 Å². The maximum Gasteiger partial charge on any atom is 0.201 e. The van der Waals surface area contributed by atoms with E-state index in [9.17, 15) is 0 Å². The second-order valence-electron chi connectivity index (χ2n) is 4.32. The van der Waals surface area contributed by atoms with E-state index in [0.717, 1.165) is 5.52 Å². The van der Waals surface area contributed by atoms with Crippen molar-refractivity contribution in [3.05, 3.63) is 46.2 Å². The standard InChI is InChI=1S/C14H12N4S/c1-9(12-6-3-7-19-12)18-11-5-2-4-10(8-15)13(11)17-14(18)16/h2-7,9H,1H3,(H2,16,17). The predicted molar refractivity (Wildman–Crippen MR) is 77.0 cm³/mol. The number of rotatable bonds is 2. The van der Waals surface area contributed by atoms with Crippen LogP contribution in [0.3, 0.4) is 0 Å². The molecule has 0 saturated heterocycles. The van der Waals surface area contributed by atoms with Crippen LogP contribution < -0.4 is 5.73 Å². The normalized spacial score (nSPS) is 12.4. The number of fused-ring (bicyclic) bond motifs is 1. The Kier molecular flexibility index (Phi) is 2.73. The molecular weight excluding hydrogens is 256 g/mol. The van der Waals surface area contributed by atoms with E-state index >= 15 is 0 Å². The van der Waals surface area contributed by atoms with Crippen LogP contribution in [0, 0.1) is 11.3 Å². The zero-order valence-electron chi connectivity index (χ0n) is 10.4. The van der Waals surface area contributed by atoms with E-state index in [-0.39, 0.29) is 6.04 Å². The molecule has 3 rings (SSSR count). The molecule has 0 aliphatic rings. The number of benzene rings is 1. The van der Waals surface area contributed by atoms with E-state index in [0.29, 0.717) is 17.0 Å². The smallest absolute Gasteiger partial charge is 0.201 e. The molecule has 94 valence electrons. The van der Waals surface area contributed by atoms with Gasteiger partial charge in [-0.05, 0) is 30.5 Å². The van der Waals surface area contributed by atoms with Gasteiger partial charge in [0.2, 0.25) is 5.95 Å². The third-order valence-electron chi connectivity index (χ3n) is 3.21. The first-order chi connectivity index (χ1) is 9.22. The molecular formula is C14H12N4S. The molecule has 0 amide bonds.